The highest BCUT2D eigenvalue weighted by Crippen LogP contribution is 2.19. The average Bonchev–Trinajstić information content (AvgIpc) is 2.76. The Morgan fingerprint density at radius 1 is 1.14 bits per heavy atom. The summed E-state index contributed by atoms with van der Waals surface area (Å²) < 4.78 is 11.3. The smallest absolute Gasteiger partial charge is 0.0593 e. The second-order valence-corrected chi connectivity index (χ2v) is 6.13. The van der Waals surface area contributed by atoms with Crippen molar-refractivity contribution >= 4 is 0 Å². The molecule has 0 aliphatic carbocycles. The topological polar surface area (TPSA) is 47.5 Å². The van der Waals surface area contributed by atoms with E-state index in [1.165, 1.54) is 0 Å². The summed E-state index contributed by atoms with van der Waals surface area (Å²) in [5.41, 5.74) is 2.04. The first kappa shape index (κ1) is 14.9. The zero-order valence-corrected chi connectivity index (χ0v) is 12.8. The Balaban J connectivity index is 1.60. The van der Waals surface area contributed by atoms with Crippen LogP contribution in [0.15, 0.2) is 12.4 Å². The van der Waals surface area contributed by atoms with Crippen molar-refractivity contribution in [3.63, 3.8) is 0 Å². The molecule has 2 fully saturated rings. The molecule has 2 aliphatic rings. The summed E-state index contributed by atoms with van der Waals surface area (Å²) in [6, 6.07) is 0.659. The molecule has 0 amide bonds. The van der Waals surface area contributed by atoms with E-state index < -0.39 is 0 Å². The number of aromatic nitrogens is 2. The van der Waals surface area contributed by atoms with Crippen LogP contribution in [-0.2, 0) is 15.9 Å². The molecule has 0 spiro atoms. The van der Waals surface area contributed by atoms with Crippen molar-refractivity contribution in [2.45, 2.75) is 32.2 Å². The lowest BCUT2D eigenvalue weighted by Crippen LogP contribution is -2.42. The molecule has 116 valence electrons. The molecule has 1 aromatic rings. The second kappa shape index (κ2) is 7.29. The summed E-state index contributed by atoms with van der Waals surface area (Å²) in [5, 5.41) is 0. The highest BCUT2D eigenvalue weighted by molar-refractivity contribution is 5.02. The third-order valence-electron chi connectivity index (χ3n) is 4.41. The van der Waals surface area contributed by atoms with Gasteiger partial charge in [0.15, 0.2) is 0 Å². The van der Waals surface area contributed by atoms with Crippen LogP contribution < -0.4 is 0 Å². The van der Waals surface area contributed by atoms with E-state index in [1.807, 2.05) is 19.3 Å². The molecule has 2 saturated heterocycles. The monoisotopic (exact) mass is 291 g/mol. The fourth-order valence-electron chi connectivity index (χ4n) is 3.23. The summed E-state index contributed by atoms with van der Waals surface area (Å²) in [6.07, 6.45) is 7.00. The fraction of sp³-hybridized carbons (Fsp3) is 0.750. The molecule has 21 heavy (non-hydrogen) atoms. The number of rotatable bonds is 3. The van der Waals surface area contributed by atoms with Gasteiger partial charge in [-0.1, -0.05) is 0 Å². The molecule has 5 nitrogen and oxygen atoms in total. The molecule has 0 aromatic carbocycles. The van der Waals surface area contributed by atoms with Crippen molar-refractivity contribution in [2.75, 3.05) is 39.5 Å². The van der Waals surface area contributed by atoms with E-state index in [0.29, 0.717) is 12.0 Å². The molecule has 1 aromatic heterocycles. The third-order valence-corrected chi connectivity index (χ3v) is 4.41. The minimum Gasteiger partial charge on any atom is -0.381 e. The number of hydrogen-bond donors (Lipinski definition) is 0. The third kappa shape index (κ3) is 4.22. The Morgan fingerprint density at radius 2 is 2.00 bits per heavy atom. The van der Waals surface area contributed by atoms with Gasteiger partial charge in [-0.05, 0) is 26.2 Å². The Kier molecular flexibility index (Phi) is 5.17. The Morgan fingerprint density at radius 3 is 2.76 bits per heavy atom. The Bertz CT molecular complexity index is 432. The van der Waals surface area contributed by atoms with Gasteiger partial charge in [-0.25, -0.2) is 0 Å². The molecule has 0 N–H and O–H groups in total. The van der Waals surface area contributed by atoms with Gasteiger partial charge < -0.3 is 9.47 Å². The Hall–Kier alpha value is -1.04. The van der Waals surface area contributed by atoms with E-state index in [2.05, 4.69) is 14.9 Å². The van der Waals surface area contributed by atoms with Gasteiger partial charge in [-0.2, -0.15) is 0 Å². The van der Waals surface area contributed by atoms with Crippen LogP contribution in [0, 0.1) is 12.8 Å². The number of hydrogen-bond acceptors (Lipinski definition) is 5. The first-order valence-electron chi connectivity index (χ1n) is 7.98. The predicted molar refractivity (Wildman–Crippen MR) is 80.2 cm³/mol. The normalized spacial score (nSPS) is 25.7. The zero-order chi connectivity index (χ0) is 14.5. The molecule has 1 atom stereocenters. The lowest BCUT2D eigenvalue weighted by molar-refractivity contribution is 0.0308. The van der Waals surface area contributed by atoms with Gasteiger partial charge in [0.1, 0.15) is 0 Å². The van der Waals surface area contributed by atoms with Crippen LogP contribution in [0.3, 0.4) is 0 Å². The van der Waals surface area contributed by atoms with E-state index in [1.54, 1.807) is 0 Å². The zero-order valence-electron chi connectivity index (χ0n) is 12.8. The highest BCUT2D eigenvalue weighted by Gasteiger charge is 2.26. The van der Waals surface area contributed by atoms with E-state index in [0.717, 1.165) is 70.2 Å². The maximum atomic E-state index is 5.80. The summed E-state index contributed by atoms with van der Waals surface area (Å²) in [4.78, 5) is 11.4. The fourth-order valence-corrected chi connectivity index (χ4v) is 3.23. The lowest BCUT2D eigenvalue weighted by Gasteiger charge is -2.34. The van der Waals surface area contributed by atoms with E-state index in [-0.39, 0.29) is 0 Å². The van der Waals surface area contributed by atoms with Crippen LogP contribution in [0.25, 0.3) is 0 Å². The second-order valence-electron chi connectivity index (χ2n) is 6.13. The van der Waals surface area contributed by atoms with Crippen molar-refractivity contribution in [3.8, 4) is 0 Å². The summed E-state index contributed by atoms with van der Waals surface area (Å²) in [5.74, 6) is 0.507. The van der Waals surface area contributed by atoms with Crippen LogP contribution in [-0.4, -0.2) is 60.4 Å². The van der Waals surface area contributed by atoms with Crippen molar-refractivity contribution in [3.05, 3.63) is 23.8 Å². The van der Waals surface area contributed by atoms with Gasteiger partial charge >= 0.3 is 0 Å². The van der Waals surface area contributed by atoms with Gasteiger partial charge in [0.05, 0.1) is 24.6 Å². The molecule has 3 rings (SSSR count). The molecule has 5 heteroatoms. The van der Waals surface area contributed by atoms with Crippen LogP contribution in [0.2, 0.25) is 0 Å². The maximum Gasteiger partial charge on any atom is 0.0593 e. The lowest BCUT2D eigenvalue weighted by atomic mass is 10.0. The van der Waals surface area contributed by atoms with Crippen LogP contribution in [0.4, 0.5) is 0 Å². The van der Waals surface area contributed by atoms with Crippen molar-refractivity contribution in [1.82, 2.24) is 14.9 Å². The number of ether oxygens (including phenoxy) is 2. The van der Waals surface area contributed by atoms with E-state index in [9.17, 15) is 0 Å². The van der Waals surface area contributed by atoms with E-state index >= 15 is 0 Å². The van der Waals surface area contributed by atoms with Crippen molar-refractivity contribution < 1.29 is 9.47 Å². The SMILES string of the molecule is Cc1cnc(CC2COCCN(C3CCOCC3)C2)cn1. The van der Waals surface area contributed by atoms with Crippen LogP contribution in [0.5, 0.6) is 0 Å². The number of nitrogens with zero attached hydrogens (tertiary/aromatic N) is 3. The minimum atomic E-state index is 0.507. The molecule has 0 bridgehead atoms. The summed E-state index contributed by atoms with van der Waals surface area (Å²) >= 11 is 0. The molecule has 3 heterocycles. The van der Waals surface area contributed by atoms with Gasteiger partial charge in [0.25, 0.3) is 0 Å². The number of aryl methyl sites for hydroxylation is 1. The average molecular weight is 291 g/mol. The van der Waals surface area contributed by atoms with Gasteiger partial charge in [-0.15, -0.1) is 0 Å². The molecular formula is C16H25N3O2. The largest absolute Gasteiger partial charge is 0.381 e. The van der Waals surface area contributed by atoms with Crippen molar-refractivity contribution in [1.29, 1.82) is 0 Å². The van der Waals surface area contributed by atoms with Crippen LogP contribution in [0.1, 0.15) is 24.2 Å². The van der Waals surface area contributed by atoms with Gasteiger partial charge in [-0.3, -0.25) is 14.9 Å². The molecule has 2 aliphatic heterocycles. The first-order valence-corrected chi connectivity index (χ1v) is 7.98. The summed E-state index contributed by atoms with van der Waals surface area (Å²) in [7, 11) is 0. The highest BCUT2D eigenvalue weighted by atomic mass is 16.5. The Labute approximate surface area is 126 Å². The standard InChI is InChI=1S/C16H25N3O2/c1-13-9-18-15(10-17-13)8-14-11-19(4-7-21-12-14)16-2-5-20-6-3-16/h9-10,14,16H,2-8,11-12H2,1H3. The summed E-state index contributed by atoms with van der Waals surface area (Å²) in [6.45, 7) is 7.58. The van der Waals surface area contributed by atoms with Gasteiger partial charge in [0.2, 0.25) is 0 Å². The van der Waals surface area contributed by atoms with Crippen LogP contribution >= 0.6 is 0 Å². The maximum absolute atomic E-state index is 5.80. The molecule has 0 radical (unpaired) electrons. The molecule has 0 saturated carbocycles. The minimum absolute atomic E-state index is 0.507. The van der Waals surface area contributed by atoms with Crippen molar-refractivity contribution in [2.24, 2.45) is 5.92 Å². The molecule has 1 unspecified atom stereocenters. The van der Waals surface area contributed by atoms with E-state index in [4.69, 9.17) is 9.47 Å². The molecular weight excluding hydrogens is 266 g/mol. The quantitative estimate of drug-likeness (QED) is 0.843. The predicted octanol–water partition coefficient (Wildman–Crippen LogP) is 1.45. The van der Waals surface area contributed by atoms with Gasteiger partial charge in [0, 0.05) is 50.7 Å². The first-order chi connectivity index (χ1) is 10.3.